The van der Waals surface area contributed by atoms with Crippen LogP contribution in [0, 0.1) is 0 Å². The Morgan fingerprint density at radius 3 is 0.976 bits per heavy atom. The largest absolute Gasteiger partial charge is 0.501 e. The van der Waals surface area contributed by atoms with E-state index in [1.165, 1.54) is 0 Å². The van der Waals surface area contributed by atoms with E-state index in [2.05, 4.69) is 4.98 Å². The van der Waals surface area contributed by atoms with Crippen molar-refractivity contribution in [2.24, 2.45) is 0 Å². The van der Waals surface area contributed by atoms with E-state index in [1.807, 2.05) is 83.1 Å². The molecule has 0 unspecified atom stereocenters. The molecule has 0 fully saturated rings. The van der Waals surface area contributed by atoms with Crippen LogP contribution in [0.5, 0.6) is 0 Å². The Labute approximate surface area is 247 Å². The summed E-state index contributed by atoms with van der Waals surface area (Å²) < 4.78 is 39.3. The third-order valence-corrected chi connectivity index (χ3v) is 12.3. The van der Waals surface area contributed by atoms with E-state index < -0.39 is 34.7 Å². The monoisotopic (exact) mass is 621 g/mol. The topological polar surface area (TPSA) is 132 Å². The molecule has 0 bridgehead atoms. The van der Waals surface area contributed by atoms with Crippen LogP contribution >= 0.6 is 0 Å². The number of aromatic nitrogens is 3. The van der Waals surface area contributed by atoms with Gasteiger partial charge in [-0.2, -0.15) is 0 Å². The fourth-order valence-electron chi connectivity index (χ4n) is 4.52. The Hall–Kier alpha value is -1.40. The molecule has 0 aliphatic heterocycles. The maximum absolute atomic E-state index is 13.3. The van der Waals surface area contributed by atoms with E-state index in [1.54, 1.807) is 0 Å². The van der Waals surface area contributed by atoms with Crippen LogP contribution in [0.4, 0.5) is 0 Å². The van der Waals surface area contributed by atoms with Gasteiger partial charge in [-0.15, -0.1) is 0 Å². The molecule has 0 spiro atoms. The lowest BCUT2D eigenvalue weighted by Gasteiger charge is -2.34. The van der Waals surface area contributed by atoms with Gasteiger partial charge >= 0.3 is 34.7 Å². The van der Waals surface area contributed by atoms with Gasteiger partial charge < -0.3 is 26.6 Å². The van der Waals surface area contributed by atoms with Crippen LogP contribution in [-0.2, 0) is 39.6 Å². The fraction of sp³-hybridized carbons (Fsp3) is 0.889. The third-order valence-electron chi connectivity index (χ3n) is 5.39. The van der Waals surface area contributed by atoms with Crippen LogP contribution in [0.1, 0.15) is 95.9 Å². The number of nitrogens with one attached hydrogen (secondary N) is 1. The molecule has 0 saturated carbocycles. The molecule has 0 aliphatic carbocycles. The van der Waals surface area contributed by atoms with Crippen LogP contribution in [0.25, 0.3) is 0 Å². The molecule has 1 aromatic rings. The van der Waals surface area contributed by atoms with Crippen LogP contribution in [-0.4, -0.2) is 68.4 Å². The molecule has 240 valence electrons. The van der Waals surface area contributed by atoms with E-state index in [-0.39, 0.29) is 49.7 Å². The minimum atomic E-state index is -3.11. The van der Waals surface area contributed by atoms with Gasteiger partial charge in [0.15, 0.2) is 0 Å². The molecule has 0 atom stereocenters. The lowest BCUT2D eigenvalue weighted by molar-refractivity contribution is 0.00159. The van der Waals surface area contributed by atoms with Crippen molar-refractivity contribution in [3.05, 3.63) is 31.5 Å². The first kappa shape index (κ1) is 37.6. The minimum Gasteiger partial charge on any atom is -0.371 e. The normalized spacial score (nSPS) is 13.2. The molecule has 0 aromatic carbocycles. The summed E-state index contributed by atoms with van der Waals surface area (Å²) in [4.78, 5) is 40.9. The average Bonchev–Trinajstić information content (AvgIpc) is 2.75. The molecule has 0 saturated heterocycles. The van der Waals surface area contributed by atoms with Crippen molar-refractivity contribution in [2.75, 3.05) is 0 Å². The van der Waals surface area contributed by atoms with E-state index >= 15 is 0 Å². The smallest absolute Gasteiger partial charge is 0.371 e. The quantitative estimate of drug-likeness (QED) is 0.215. The van der Waals surface area contributed by atoms with E-state index in [0.29, 0.717) is 24.9 Å². The molecule has 12 nitrogen and oxygen atoms in total. The molecular formula is C27H55N3O9Si2. The molecule has 41 heavy (non-hydrogen) atoms. The first-order chi connectivity index (χ1) is 18.9. The summed E-state index contributed by atoms with van der Waals surface area (Å²) in [5.74, 6) is 0. The second kappa shape index (κ2) is 17.0. The number of rotatable bonds is 20. The Balaban J connectivity index is 3.19. The predicted octanol–water partition coefficient (Wildman–Crippen LogP) is 3.91. The van der Waals surface area contributed by atoms with Crippen molar-refractivity contribution in [1.29, 1.82) is 0 Å². The molecule has 1 aromatic heterocycles. The zero-order valence-electron chi connectivity index (χ0n) is 27.3. The summed E-state index contributed by atoms with van der Waals surface area (Å²) in [7, 11) is -6.23. The van der Waals surface area contributed by atoms with E-state index in [4.69, 9.17) is 26.6 Å². The van der Waals surface area contributed by atoms with Crippen molar-refractivity contribution in [1.82, 2.24) is 14.1 Å². The highest BCUT2D eigenvalue weighted by atomic mass is 28.4. The van der Waals surface area contributed by atoms with Crippen molar-refractivity contribution < 1.29 is 26.6 Å². The van der Waals surface area contributed by atoms with Gasteiger partial charge in [0.1, 0.15) is 0 Å². The zero-order chi connectivity index (χ0) is 31.5. The molecular weight excluding hydrogens is 566 g/mol. The van der Waals surface area contributed by atoms with Gasteiger partial charge in [0.05, 0.1) is 0 Å². The first-order valence-corrected chi connectivity index (χ1v) is 18.8. The minimum absolute atomic E-state index is 0.0790. The summed E-state index contributed by atoms with van der Waals surface area (Å²) in [5.41, 5.74) is -2.17. The Morgan fingerprint density at radius 2 is 0.756 bits per heavy atom. The average molecular weight is 622 g/mol. The summed E-state index contributed by atoms with van der Waals surface area (Å²) >= 11 is 0. The maximum atomic E-state index is 13.3. The van der Waals surface area contributed by atoms with E-state index in [9.17, 15) is 14.4 Å². The number of H-pyrrole nitrogens is 1. The summed E-state index contributed by atoms with van der Waals surface area (Å²) in [5, 5.41) is 0. The molecule has 1 N–H and O–H groups in total. The SMILES string of the molecule is CC(C)O[Si](CCCn1c(=O)[nH]c(=O)n(CCC[Si](OC(C)C)(OC(C)C)OC(C)C)c1=O)(OC(C)C)OC(C)C. The Morgan fingerprint density at radius 1 is 0.512 bits per heavy atom. The van der Waals surface area contributed by atoms with Gasteiger partial charge in [-0.05, 0) is 95.9 Å². The molecule has 1 heterocycles. The Kier molecular flexibility index (Phi) is 15.6. The van der Waals surface area contributed by atoms with Crippen molar-refractivity contribution in [3.8, 4) is 0 Å². The van der Waals surface area contributed by atoms with Crippen molar-refractivity contribution in [3.63, 3.8) is 0 Å². The molecule has 0 radical (unpaired) electrons. The number of aromatic amines is 1. The number of hydrogen-bond acceptors (Lipinski definition) is 9. The fourth-order valence-corrected chi connectivity index (χ4v) is 11.1. The zero-order valence-corrected chi connectivity index (χ0v) is 29.3. The third kappa shape index (κ3) is 13.2. The second-order valence-corrected chi connectivity index (χ2v) is 17.0. The van der Waals surface area contributed by atoms with Gasteiger partial charge in [-0.1, -0.05) is 0 Å². The van der Waals surface area contributed by atoms with Gasteiger partial charge in [0.2, 0.25) is 0 Å². The summed E-state index contributed by atoms with van der Waals surface area (Å²) in [6, 6.07) is 0.818. The summed E-state index contributed by atoms with van der Waals surface area (Å²) in [6.45, 7) is 23.2. The first-order valence-electron chi connectivity index (χ1n) is 14.9. The Bertz CT molecular complexity index is 949. The lowest BCUT2D eigenvalue weighted by Crippen LogP contribution is -2.52. The predicted molar refractivity (Wildman–Crippen MR) is 163 cm³/mol. The van der Waals surface area contributed by atoms with Gasteiger partial charge in [-0.25, -0.2) is 23.5 Å². The molecule has 1 rings (SSSR count). The second-order valence-electron chi connectivity index (χ2n) is 11.9. The van der Waals surface area contributed by atoms with Crippen LogP contribution in [0.2, 0.25) is 12.1 Å². The summed E-state index contributed by atoms with van der Waals surface area (Å²) in [6.07, 6.45) is 0.0428. The van der Waals surface area contributed by atoms with Gasteiger partial charge in [-0.3, -0.25) is 4.98 Å². The van der Waals surface area contributed by atoms with Crippen molar-refractivity contribution >= 4 is 17.6 Å². The molecule has 0 aliphatic rings. The van der Waals surface area contributed by atoms with Gasteiger partial charge in [0.25, 0.3) is 0 Å². The highest BCUT2D eigenvalue weighted by Crippen LogP contribution is 2.25. The number of nitrogens with zero attached hydrogens (tertiary/aromatic N) is 2. The standard InChI is InChI=1S/C27H55N3O9Si2/c1-19(2)34-40(35-20(3)4,36-21(5)6)17-13-15-29-25(31)28-26(32)30(27(29)33)16-14-18-41(37-22(7)8,38-23(9)10)39-24(11)12/h19-24H,13-18H2,1-12H3,(H,28,31,32). The highest BCUT2D eigenvalue weighted by Gasteiger charge is 2.45. The van der Waals surface area contributed by atoms with Crippen LogP contribution in [0.15, 0.2) is 14.4 Å². The maximum Gasteiger partial charge on any atom is 0.501 e. The number of hydrogen-bond donors (Lipinski definition) is 1. The van der Waals surface area contributed by atoms with Gasteiger partial charge in [0, 0.05) is 61.8 Å². The van der Waals surface area contributed by atoms with E-state index in [0.717, 1.165) is 9.13 Å². The highest BCUT2D eigenvalue weighted by molar-refractivity contribution is 6.61. The van der Waals surface area contributed by atoms with Crippen LogP contribution < -0.4 is 17.1 Å². The molecule has 0 amide bonds. The molecule has 14 heteroatoms. The lowest BCUT2D eigenvalue weighted by atomic mass is 10.4. The van der Waals surface area contributed by atoms with Crippen LogP contribution in [0.3, 0.4) is 0 Å². The van der Waals surface area contributed by atoms with Crippen molar-refractivity contribution in [2.45, 2.75) is 158 Å².